The molecule has 4 aromatic rings. The lowest BCUT2D eigenvalue weighted by molar-refractivity contribution is 0.592. The van der Waals surface area contributed by atoms with Crippen LogP contribution in [0, 0.1) is 13.8 Å². The number of fused-ring (bicyclic) bond motifs is 1. The van der Waals surface area contributed by atoms with E-state index in [-0.39, 0.29) is 11.4 Å². The van der Waals surface area contributed by atoms with Gasteiger partial charge in [-0.05, 0) is 66.5 Å². The minimum Gasteiger partial charge on any atom is -0.261 e. The number of aryl methyl sites for hydroxylation is 2. The van der Waals surface area contributed by atoms with Crippen LogP contribution in [0.2, 0.25) is 0 Å². The Morgan fingerprint density at radius 3 is 2.00 bits per heavy atom. The summed E-state index contributed by atoms with van der Waals surface area (Å²) in [5, 5.41) is 0. The summed E-state index contributed by atoms with van der Waals surface area (Å²) < 4.78 is 29.5. The molecule has 1 aliphatic heterocycles. The average Bonchev–Trinajstić information content (AvgIpc) is 3.04. The number of sulfonamides is 1. The molecule has 0 amide bonds. The van der Waals surface area contributed by atoms with Crippen LogP contribution in [0.5, 0.6) is 0 Å². The zero-order valence-electron chi connectivity index (χ0n) is 19.8. The first-order valence-electron chi connectivity index (χ1n) is 11.6. The molecule has 0 radical (unpaired) electrons. The lowest BCUT2D eigenvalue weighted by Crippen LogP contribution is -2.32. The van der Waals surface area contributed by atoms with Crippen molar-refractivity contribution in [1.29, 1.82) is 0 Å². The first-order valence-corrected chi connectivity index (χ1v) is 13.1. The number of benzene rings is 4. The van der Waals surface area contributed by atoms with E-state index in [2.05, 4.69) is 55.5 Å². The second-order valence-electron chi connectivity index (χ2n) is 8.90. The van der Waals surface area contributed by atoms with Gasteiger partial charge in [0.15, 0.2) is 0 Å². The van der Waals surface area contributed by atoms with Gasteiger partial charge < -0.3 is 0 Å². The Kier molecular flexibility index (Phi) is 6.14. The SMILES string of the molecule is Cc1ccc(/C=C2\C=C(c3ccccc3)c3ccccc3N(S(=O)(=O)c3ccc(C)cc3)C2)cc1. The second-order valence-corrected chi connectivity index (χ2v) is 10.8. The highest BCUT2D eigenvalue weighted by Crippen LogP contribution is 2.38. The second kappa shape index (κ2) is 9.40. The van der Waals surface area contributed by atoms with Crippen LogP contribution in [-0.2, 0) is 10.0 Å². The molecule has 174 valence electrons. The van der Waals surface area contributed by atoms with Gasteiger partial charge in [0.2, 0.25) is 0 Å². The zero-order chi connectivity index (χ0) is 24.4. The van der Waals surface area contributed by atoms with Gasteiger partial charge >= 0.3 is 0 Å². The van der Waals surface area contributed by atoms with Crippen molar-refractivity contribution in [3.8, 4) is 0 Å². The summed E-state index contributed by atoms with van der Waals surface area (Å²) in [7, 11) is -3.79. The summed E-state index contributed by atoms with van der Waals surface area (Å²) in [5.74, 6) is 0. The Labute approximate surface area is 207 Å². The number of para-hydroxylation sites is 1. The maximum atomic E-state index is 14.0. The van der Waals surface area contributed by atoms with E-state index in [9.17, 15) is 8.42 Å². The van der Waals surface area contributed by atoms with Gasteiger partial charge in [-0.1, -0.05) is 96.1 Å². The van der Waals surface area contributed by atoms with Gasteiger partial charge in [0.1, 0.15) is 0 Å². The van der Waals surface area contributed by atoms with Crippen molar-refractivity contribution in [3.63, 3.8) is 0 Å². The first-order chi connectivity index (χ1) is 16.9. The topological polar surface area (TPSA) is 37.4 Å². The molecule has 0 spiro atoms. The van der Waals surface area contributed by atoms with Crippen LogP contribution in [-0.4, -0.2) is 15.0 Å². The molecule has 0 aromatic heterocycles. The first kappa shape index (κ1) is 22.9. The molecule has 0 saturated carbocycles. The van der Waals surface area contributed by atoms with Crippen LogP contribution < -0.4 is 4.31 Å². The summed E-state index contributed by atoms with van der Waals surface area (Å²) in [6.45, 7) is 4.25. The number of hydrogen-bond donors (Lipinski definition) is 0. The molecule has 0 fully saturated rings. The van der Waals surface area contributed by atoms with Crippen LogP contribution >= 0.6 is 0 Å². The van der Waals surface area contributed by atoms with E-state index in [0.29, 0.717) is 5.69 Å². The number of anilines is 1. The minimum atomic E-state index is -3.79. The lowest BCUT2D eigenvalue weighted by Gasteiger charge is -2.25. The third-order valence-corrected chi connectivity index (χ3v) is 8.02. The molecule has 4 aromatic carbocycles. The number of nitrogens with zero attached hydrogens (tertiary/aromatic N) is 1. The van der Waals surface area contributed by atoms with E-state index in [0.717, 1.165) is 33.4 Å². The van der Waals surface area contributed by atoms with Gasteiger partial charge in [-0.2, -0.15) is 0 Å². The molecule has 0 bridgehead atoms. The predicted molar refractivity (Wildman–Crippen MR) is 145 cm³/mol. The molecule has 5 rings (SSSR count). The maximum Gasteiger partial charge on any atom is 0.264 e. The predicted octanol–water partition coefficient (Wildman–Crippen LogP) is 7.03. The van der Waals surface area contributed by atoms with E-state index in [1.54, 1.807) is 16.4 Å². The summed E-state index contributed by atoms with van der Waals surface area (Å²) in [6, 6.07) is 33.2. The highest BCUT2D eigenvalue weighted by Gasteiger charge is 2.30. The molecule has 0 N–H and O–H groups in total. The molecule has 4 heteroatoms. The van der Waals surface area contributed by atoms with Gasteiger partial charge in [0, 0.05) is 5.56 Å². The van der Waals surface area contributed by atoms with Crippen molar-refractivity contribution in [3.05, 3.63) is 143 Å². The van der Waals surface area contributed by atoms with Crippen molar-refractivity contribution in [1.82, 2.24) is 0 Å². The Morgan fingerprint density at radius 2 is 1.31 bits per heavy atom. The molecule has 0 atom stereocenters. The van der Waals surface area contributed by atoms with Crippen LogP contribution in [0.15, 0.2) is 120 Å². The van der Waals surface area contributed by atoms with Crippen LogP contribution in [0.3, 0.4) is 0 Å². The molecule has 0 unspecified atom stereocenters. The molecular formula is C31H27NO2S. The highest BCUT2D eigenvalue weighted by atomic mass is 32.2. The fourth-order valence-corrected chi connectivity index (χ4v) is 5.82. The van der Waals surface area contributed by atoms with E-state index in [1.165, 1.54) is 5.56 Å². The van der Waals surface area contributed by atoms with Crippen molar-refractivity contribution in [2.24, 2.45) is 0 Å². The quantitative estimate of drug-likeness (QED) is 0.316. The highest BCUT2D eigenvalue weighted by molar-refractivity contribution is 7.92. The minimum absolute atomic E-state index is 0.234. The Bertz CT molecular complexity index is 1520. The summed E-state index contributed by atoms with van der Waals surface area (Å²) in [5.41, 5.74) is 7.77. The van der Waals surface area contributed by atoms with Crippen LogP contribution in [0.1, 0.15) is 27.8 Å². The average molecular weight is 478 g/mol. The molecule has 0 aliphatic carbocycles. The fraction of sp³-hybridized carbons (Fsp3) is 0.0968. The molecular weight excluding hydrogens is 450 g/mol. The third-order valence-electron chi connectivity index (χ3n) is 6.24. The van der Waals surface area contributed by atoms with Gasteiger partial charge in [-0.3, -0.25) is 4.31 Å². The molecule has 1 heterocycles. The maximum absolute atomic E-state index is 14.0. The largest absolute Gasteiger partial charge is 0.264 e. The number of rotatable bonds is 4. The fourth-order valence-electron chi connectivity index (χ4n) is 4.35. The van der Waals surface area contributed by atoms with E-state index in [4.69, 9.17) is 0 Å². The molecule has 3 nitrogen and oxygen atoms in total. The van der Waals surface area contributed by atoms with Gasteiger partial charge in [0.05, 0.1) is 17.1 Å². The molecule has 0 saturated heterocycles. The van der Waals surface area contributed by atoms with Crippen molar-refractivity contribution in [2.75, 3.05) is 10.8 Å². The lowest BCUT2D eigenvalue weighted by atomic mass is 9.95. The van der Waals surface area contributed by atoms with E-state index < -0.39 is 10.0 Å². The van der Waals surface area contributed by atoms with Gasteiger partial charge in [0.25, 0.3) is 10.0 Å². The van der Waals surface area contributed by atoms with Gasteiger partial charge in [-0.25, -0.2) is 8.42 Å². The van der Waals surface area contributed by atoms with Crippen molar-refractivity contribution in [2.45, 2.75) is 18.7 Å². The van der Waals surface area contributed by atoms with Crippen LogP contribution in [0.25, 0.3) is 11.6 Å². The molecule has 1 aliphatic rings. The third kappa shape index (κ3) is 4.71. The summed E-state index contributed by atoms with van der Waals surface area (Å²) in [6.07, 6.45) is 4.20. The Hall–Kier alpha value is -3.89. The number of hydrogen-bond acceptors (Lipinski definition) is 2. The zero-order valence-corrected chi connectivity index (χ0v) is 20.7. The van der Waals surface area contributed by atoms with Gasteiger partial charge in [-0.15, -0.1) is 0 Å². The molecule has 35 heavy (non-hydrogen) atoms. The monoisotopic (exact) mass is 477 g/mol. The smallest absolute Gasteiger partial charge is 0.261 e. The Morgan fingerprint density at radius 1 is 0.714 bits per heavy atom. The van der Waals surface area contributed by atoms with Crippen molar-refractivity contribution < 1.29 is 8.42 Å². The summed E-state index contributed by atoms with van der Waals surface area (Å²) >= 11 is 0. The van der Waals surface area contributed by atoms with E-state index >= 15 is 0 Å². The summed E-state index contributed by atoms with van der Waals surface area (Å²) in [4.78, 5) is 0.288. The Balaban J connectivity index is 1.72. The normalized spacial score (nSPS) is 14.9. The standard InChI is InChI=1S/C31H27NO2S/c1-23-12-16-25(17-13-23)20-26-21-30(27-8-4-3-5-9-27)29-10-6-7-11-31(29)32(22-26)35(33,34)28-18-14-24(2)15-19-28/h3-21H,22H2,1-2H3/b26-20+. The van der Waals surface area contributed by atoms with E-state index in [1.807, 2.05) is 61.5 Å². The van der Waals surface area contributed by atoms with Crippen LogP contribution in [0.4, 0.5) is 5.69 Å². The van der Waals surface area contributed by atoms with Crippen molar-refractivity contribution >= 4 is 27.4 Å².